The number of nitrogens with one attached hydrogen (secondary N) is 3. The third-order valence-corrected chi connectivity index (χ3v) is 16.0. The summed E-state index contributed by atoms with van der Waals surface area (Å²) < 4.78 is 74.7. The van der Waals surface area contributed by atoms with Crippen LogP contribution in [-0.2, 0) is 38.6 Å². The summed E-state index contributed by atoms with van der Waals surface area (Å²) in [7, 11) is -0.314. The highest BCUT2D eigenvalue weighted by atomic mass is 35.5. The summed E-state index contributed by atoms with van der Waals surface area (Å²) >= 11 is 34.2. The van der Waals surface area contributed by atoms with Crippen LogP contribution in [0.3, 0.4) is 0 Å². The molecule has 95 heavy (non-hydrogen) atoms. The van der Waals surface area contributed by atoms with Crippen LogP contribution in [0.5, 0.6) is 11.8 Å². The van der Waals surface area contributed by atoms with Gasteiger partial charge in [0.05, 0.1) is 59.0 Å². The molecule has 0 spiro atoms. The first-order valence-corrected chi connectivity index (χ1v) is 31.9. The van der Waals surface area contributed by atoms with E-state index in [0.717, 1.165) is 34.2 Å². The number of imidazole rings is 3. The number of nitrogens with zero attached hydrogens (tertiary/aromatic N) is 8. The molecule has 0 atom stereocenters. The van der Waals surface area contributed by atoms with Gasteiger partial charge in [0, 0.05) is 70.1 Å². The molecule has 1 fully saturated rings. The maximum Gasteiger partial charge on any atom is 0.490 e. The smallest absolute Gasteiger partial charge is 0.471 e. The molecule has 9 aromatic rings. The van der Waals surface area contributed by atoms with Crippen molar-refractivity contribution in [2.45, 2.75) is 124 Å². The van der Waals surface area contributed by atoms with Gasteiger partial charge >= 0.3 is 19.3 Å². The van der Waals surface area contributed by atoms with Crippen molar-refractivity contribution in [2.75, 3.05) is 26.2 Å². The number of pyridine rings is 3. The number of halogens is 9. The Balaban J connectivity index is 0.000000161. The lowest BCUT2D eigenvalue weighted by Gasteiger charge is -2.32. The third-order valence-electron chi connectivity index (χ3n) is 14.6. The summed E-state index contributed by atoms with van der Waals surface area (Å²) in [6, 6.07) is 18.2. The highest BCUT2D eigenvalue weighted by Crippen LogP contribution is 2.40. The van der Waals surface area contributed by atoms with Crippen molar-refractivity contribution in [3.05, 3.63) is 180 Å². The molecular weight excluding hydrogens is 1360 g/mol. The van der Waals surface area contributed by atoms with E-state index >= 15 is 0 Å². The van der Waals surface area contributed by atoms with Gasteiger partial charge in [0.1, 0.15) is 57.7 Å². The van der Waals surface area contributed by atoms with Crippen LogP contribution >= 0.6 is 69.6 Å². The normalized spacial score (nSPS) is 15.1. The fourth-order valence-corrected chi connectivity index (χ4v) is 10.2. The number of hydrogen-bond donors (Lipinski definition) is 4. The Kier molecular flexibility index (Phi) is 24.5. The molecule has 9 heterocycles. The molecule has 0 aliphatic carbocycles. The highest BCUT2D eigenvalue weighted by Gasteiger charge is 2.52. The standard InChI is InChI=1S/C23H24ClFN4O3.C16H28BNO4.C13H8Cl2FN3O.C7H6ClFO.C6H3Cl2N3/c1-23(2,3)32-22(30)29-8-6-14(7-9-29)18-11-19-20(27-13-26-19)21(28-18)31-12-15-4-5-16(24)10-17(15)25;1-14(2,3)20-13(19)18-10-8-12(9-11-18)17-21-15(4,5)16(6,7)22-17;14-8-2-1-7(9(16)3-8)5-20-13-12-10(17-6-18-12)4-11(15)19-13;8-6-2-1-5(4-10)7(9)3-6;7-4-1-3-5(6(8)11-4)10-2-9-3/h4-6,10-11,13H,7-9,12H2,1-3H3,(H,26,27);8H,9-11H2,1-7H3;1-4,6H,5H2,(H,17,18);1-3,10H,4H2;1-2H,(H,9,10). The third kappa shape index (κ3) is 20.3. The number of aliphatic hydroxyl groups is 1. The van der Waals surface area contributed by atoms with Gasteiger partial charge in [-0.15, -0.1) is 0 Å². The Morgan fingerprint density at radius 1 is 0.579 bits per heavy atom. The van der Waals surface area contributed by atoms with Crippen LogP contribution in [0.15, 0.2) is 109 Å². The molecule has 0 unspecified atom stereocenters. The van der Waals surface area contributed by atoms with Gasteiger partial charge in [0.2, 0.25) is 11.8 Å². The second-order valence-corrected chi connectivity index (χ2v) is 27.0. The number of amides is 2. The lowest BCUT2D eigenvalue weighted by atomic mass is 9.75. The van der Waals surface area contributed by atoms with Gasteiger partial charge in [-0.3, -0.25) is 0 Å². The molecule has 1 saturated heterocycles. The number of H-pyrrole nitrogens is 3. The molecule has 3 aliphatic heterocycles. The van der Waals surface area contributed by atoms with Crippen LogP contribution in [0.2, 0.25) is 30.5 Å². The van der Waals surface area contributed by atoms with E-state index < -0.39 is 28.7 Å². The molecule has 2 amide bonds. The fourth-order valence-electron chi connectivity index (χ4n) is 9.04. The van der Waals surface area contributed by atoms with E-state index in [4.69, 9.17) is 103 Å². The molecule has 3 aliphatic rings. The lowest BCUT2D eigenvalue weighted by Crippen LogP contribution is -2.41. The maximum absolute atomic E-state index is 14.1. The number of ether oxygens (including phenoxy) is 4. The first-order chi connectivity index (χ1) is 44.7. The van der Waals surface area contributed by atoms with Crippen molar-refractivity contribution < 1.29 is 56.1 Å². The number of carbonyl (C=O) groups excluding carboxylic acids is 2. The Labute approximate surface area is 576 Å². The largest absolute Gasteiger partial charge is 0.490 e. The van der Waals surface area contributed by atoms with Crippen LogP contribution in [0.25, 0.3) is 38.7 Å². The predicted molar refractivity (Wildman–Crippen MR) is 363 cm³/mol. The van der Waals surface area contributed by atoms with Crippen molar-refractivity contribution in [1.29, 1.82) is 0 Å². The second-order valence-electron chi connectivity index (χ2n) is 24.6. The number of aromatic nitrogens is 9. The number of hydrogen-bond acceptors (Lipinski definition) is 15. The van der Waals surface area contributed by atoms with Gasteiger partial charge in [-0.2, -0.15) is 4.98 Å². The van der Waals surface area contributed by atoms with E-state index in [2.05, 4.69) is 44.9 Å². The highest BCUT2D eigenvalue weighted by molar-refractivity contribution is 6.54. The summed E-state index contributed by atoms with van der Waals surface area (Å²) in [5, 5.41) is 10.5. The van der Waals surface area contributed by atoms with Crippen molar-refractivity contribution in [3.63, 3.8) is 0 Å². The van der Waals surface area contributed by atoms with Crippen LogP contribution in [0.4, 0.5) is 22.8 Å². The van der Waals surface area contributed by atoms with Crippen molar-refractivity contribution in [3.8, 4) is 11.8 Å². The van der Waals surface area contributed by atoms with Crippen LogP contribution in [0.1, 0.15) is 104 Å². The van der Waals surface area contributed by atoms with E-state index in [9.17, 15) is 22.8 Å². The molecule has 0 bridgehead atoms. The van der Waals surface area contributed by atoms with Crippen LogP contribution in [0, 0.1) is 17.5 Å². The van der Waals surface area contributed by atoms with Gasteiger partial charge in [-0.05, 0) is 136 Å². The van der Waals surface area contributed by atoms with Gasteiger partial charge in [0.15, 0.2) is 16.2 Å². The zero-order valence-corrected chi connectivity index (χ0v) is 58.0. The minimum Gasteiger partial charge on any atom is -0.471 e. The van der Waals surface area contributed by atoms with Crippen molar-refractivity contribution >= 4 is 128 Å². The molecule has 6 aromatic heterocycles. The van der Waals surface area contributed by atoms with Crippen LogP contribution in [-0.4, -0.2) is 128 Å². The molecule has 3 aromatic carbocycles. The molecule has 30 heteroatoms. The zero-order chi connectivity index (χ0) is 69.2. The summed E-state index contributed by atoms with van der Waals surface area (Å²) in [5.41, 5.74) is 6.19. The van der Waals surface area contributed by atoms with E-state index in [-0.39, 0.29) is 66.9 Å². The van der Waals surface area contributed by atoms with Crippen molar-refractivity contribution in [2.24, 2.45) is 0 Å². The van der Waals surface area contributed by atoms with Gasteiger partial charge in [-0.25, -0.2) is 47.7 Å². The van der Waals surface area contributed by atoms with E-state index in [1.807, 2.05) is 87.5 Å². The summed E-state index contributed by atoms with van der Waals surface area (Å²) in [4.78, 5) is 61.4. The summed E-state index contributed by atoms with van der Waals surface area (Å²) in [6.45, 7) is 21.2. The lowest BCUT2D eigenvalue weighted by molar-refractivity contribution is 0.00578. The average molecular weight is 1430 g/mol. The molecular formula is C65H69BCl6F3N11O9. The molecule has 20 nitrogen and oxygen atoms in total. The van der Waals surface area contributed by atoms with E-state index in [0.29, 0.717) is 97.0 Å². The second kappa shape index (κ2) is 31.7. The SMILES string of the molecule is CC(C)(C)OC(=O)N1CC=C(B2OC(C)(C)C(C)(C)O2)CC1.CC(C)(C)OC(=O)N1CC=C(c2cc3[nH]cnc3c(OCc3ccc(Cl)cc3F)n2)CC1.Clc1cc2[nH]cnc2c(Cl)n1.Fc1cc(Cl)ccc1COc1nc(Cl)cc2[nH]cnc12.OCc1ccc(Cl)cc1F. The number of rotatable bonds is 9. The van der Waals surface area contributed by atoms with E-state index in [1.54, 1.807) is 58.9 Å². The van der Waals surface area contributed by atoms with Crippen molar-refractivity contribution in [1.82, 2.24) is 54.7 Å². The van der Waals surface area contributed by atoms with Gasteiger partial charge in [-0.1, -0.05) is 100.0 Å². The minimum atomic E-state index is -0.538. The predicted octanol–water partition coefficient (Wildman–Crippen LogP) is 16.8. The Morgan fingerprint density at radius 3 is 1.43 bits per heavy atom. The molecule has 0 saturated carbocycles. The molecule has 12 rings (SSSR count). The molecule has 4 N–H and O–H groups in total. The number of aliphatic hydroxyl groups excluding tert-OH is 1. The summed E-state index contributed by atoms with van der Waals surface area (Å²) in [5.74, 6) is -0.774. The van der Waals surface area contributed by atoms with E-state index in [1.165, 1.54) is 36.7 Å². The average Bonchev–Trinajstić information content (AvgIpc) is 1.66. The number of fused-ring (bicyclic) bond motifs is 3. The number of carbonyl (C=O) groups is 2. The number of benzene rings is 3. The first-order valence-electron chi connectivity index (χ1n) is 29.6. The zero-order valence-electron chi connectivity index (χ0n) is 53.4. The molecule has 504 valence electrons. The fraction of sp³-hybridized carbons (Fsp3) is 0.354. The topological polar surface area (TPSA) is 241 Å². The molecule has 0 radical (unpaired) electrons. The first kappa shape index (κ1) is 73.4. The van der Waals surface area contributed by atoms with Crippen LogP contribution < -0.4 is 9.47 Å². The number of aromatic amines is 3. The summed E-state index contributed by atoms with van der Waals surface area (Å²) in [6.07, 6.45) is 9.37. The Morgan fingerprint density at radius 2 is 1.00 bits per heavy atom. The Hall–Kier alpha value is -7.39. The van der Waals surface area contributed by atoms with Gasteiger partial charge in [0.25, 0.3) is 0 Å². The monoisotopic (exact) mass is 1430 g/mol. The van der Waals surface area contributed by atoms with Gasteiger partial charge < -0.3 is 58.1 Å². The quantitative estimate of drug-likeness (QED) is 0.0776. The maximum atomic E-state index is 14.1. The minimum absolute atomic E-state index is 0.00706. The Bertz CT molecular complexity index is 4240.